The summed E-state index contributed by atoms with van der Waals surface area (Å²) in [6.45, 7) is 1.19. The number of carbonyl (C=O) groups excluding carboxylic acids is 1. The van der Waals surface area contributed by atoms with Crippen LogP contribution in [0.5, 0.6) is 6.01 Å². The van der Waals surface area contributed by atoms with Gasteiger partial charge in [0, 0.05) is 43.0 Å². The Balaban J connectivity index is 1.79. The monoisotopic (exact) mass is 472 g/mol. The molecule has 174 valence electrons. The van der Waals surface area contributed by atoms with Crippen LogP contribution >= 0.6 is 0 Å². The lowest BCUT2D eigenvalue weighted by molar-refractivity contribution is -0.131. The van der Waals surface area contributed by atoms with E-state index in [1.165, 1.54) is 30.1 Å². The molecule has 0 aliphatic rings. The maximum absolute atomic E-state index is 12.6. The molecule has 10 nitrogen and oxygen atoms in total. The molecule has 0 spiro atoms. The van der Waals surface area contributed by atoms with Gasteiger partial charge in [0.05, 0.1) is 7.11 Å². The zero-order valence-electron chi connectivity index (χ0n) is 18.3. The molecule has 0 bridgehead atoms. The predicted molar refractivity (Wildman–Crippen MR) is 122 cm³/mol. The summed E-state index contributed by atoms with van der Waals surface area (Å²) in [6, 6.07) is 11.0. The molecule has 2 heterocycles. The third-order valence-corrected chi connectivity index (χ3v) is 7.61. The highest BCUT2D eigenvalue weighted by atomic mass is 32.2. The van der Waals surface area contributed by atoms with E-state index in [0.717, 1.165) is 22.9 Å². The number of pyridine rings is 1. The maximum Gasteiger partial charge on any atom is 0.316 e. The first kappa shape index (κ1) is 24.1. The van der Waals surface area contributed by atoms with Gasteiger partial charge in [-0.05, 0) is 36.1 Å². The lowest BCUT2D eigenvalue weighted by Crippen LogP contribution is -2.49. The van der Waals surface area contributed by atoms with E-state index in [0.29, 0.717) is 5.56 Å². The third kappa shape index (κ3) is 5.10. The number of carbonyl (C=O) groups is 1. The Morgan fingerprint density at radius 1 is 1.09 bits per heavy atom. The van der Waals surface area contributed by atoms with Gasteiger partial charge in [-0.15, -0.1) is 0 Å². The SMILES string of the molecule is COc1ncc(-c2ccc(-c3ccn(CCC(C)(C(=O)NO)S(C)(=O)=O)c(=O)c3)cc2)cn1. The maximum atomic E-state index is 12.6. The molecular formula is C22H24N4O6S. The average molecular weight is 473 g/mol. The van der Waals surface area contributed by atoms with Crippen LogP contribution < -0.4 is 15.8 Å². The Kier molecular flexibility index (Phi) is 6.94. The number of sulfone groups is 1. The molecule has 3 aromatic rings. The summed E-state index contributed by atoms with van der Waals surface area (Å²) < 4.78 is 28.6. The Bertz CT molecular complexity index is 1300. The van der Waals surface area contributed by atoms with Crippen molar-refractivity contribution < 1.29 is 23.2 Å². The number of rotatable bonds is 8. The Labute approximate surface area is 190 Å². The molecule has 1 amide bonds. The van der Waals surface area contributed by atoms with Crippen molar-refractivity contribution in [1.29, 1.82) is 0 Å². The number of nitrogens with zero attached hydrogens (tertiary/aromatic N) is 3. The molecule has 33 heavy (non-hydrogen) atoms. The van der Waals surface area contributed by atoms with Crippen molar-refractivity contribution in [3.63, 3.8) is 0 Å². The van der Waals surface area contributed by atoms with Crippen molar-refractivity contribution in [2.75, 3.05) is 13.4 Å². The van der Waals surface area contributed by atoms with Gasteiger partial charge in [-0.25, -0.2) is 23.9 Å². The van der Waals surface area contributed by atoms with E-state index in [-0.39, 0.29) is 24.5 Å². The van der Waals surface area contributed by atoms with Gasteiger partial charge in [0.1, 0.15) is 0 Å². The summed E-state index contributed by atoms with van der Waals surface area (Å²) in [4.78, 5) is 32.7. The fourth-order valence-electron chi connectivity index (χ4n) is 3.22. The van der Waals surface area contributed by atoms with Crippen LogP contribution in [0.4, 0.5) is 0 Å². The number of methoxy groups -OCH3 is 1. The molecule has 0 aliphatic heterocycles. The minimum atomic E-state index is -3.84. The summed E-state index contributed by atoms with van der Waals surface area (Å²) in [7, 11) is -2.35. The van der Waals surface area contributed by atoms with Crippen molar-refractivity contribution in [2.45, 2.75) is 24.6 Å². The zero-order valence-corrected chi connectivity index (χ0v) is 19.2. The smallest absolute Gasteiger partial charge is 0.316 e. The quantitative estimate of drug-likeness (QED) is 0.373. The van der Waals surface area contributed by atoms with E-state index in [9.17, 15) is 18.0 Å². The van der Waals surface area contributed by atoms with Gasteiger partial charge >= 0.3 is 6.01 Å². The molecular weight excluding hydrogens is 448 g/mol. The van der Waals surface area contributed by atoms with E-state index in [2.05, 4.69) is 9.97 Å². The summed E-state index contributed by atoms with van der Waals surface area (Å²) in [5.41, 5.74) is 4.27. The van der Waals surface area contributed by atoms with Crippen LogP contribution in [0.15, 0.2) is 59.8 Å². The van der Waals surface area contributed by atoms with Gasteiger partial charge in [0.2, 0.25) is 0 Å². The van der Waals surface area contributed by atoms with Crippen LogP contribution in [-0.2, 0) is 21.2 Å². The van der Waals surface area contributed by atoms with Gasteiger partial charge in [0.15, 0.2) is 14.6 Å². The van der Waals surface area contributed by atoms with E-state index < -0.39 is 20.5 Å². The highest BCUT2D eigenvalue weighted by Crippen LogP contribution is 2.25. The molecule has 2 N–H and O–H groups in total. The largest absolute Gasteiger partial charge is 0.467 e. The lowest BCUT2D eigenvalue weighted by Gasteiger charge is -2.25. The van der Waals surface area contributed by atoms with Crippen LogP contribution in [-0.4, -0.2) is 52.2 Å². The highest BCUT2D eigenvalue weighted by Gasteiger charge is 2.43. The van der Waals surface area contributed by atoms with Crippen molar-refractivity contribution in [3.05, 3.63) is 65.3 Å². The second-order valence-corrected chi connectivity index (χ2v) is 10.1. The Morgan fingerprint density at radius 2 is 1.67 bits per heavy atom. The molecule has 2 aromatic heterocycles. The van der Waals surface area contributed by atoms with Gasteiger partial charge in [-0.2, -0.15) is 0 Å². The fourth-order valence-corrected chi connectivity index (χ4v) is 4.06. The number of aromatic nitrogens is 3. The first-order valence-corrected chi connectivity index (χ1v) is 11.8. The Morgan fingerprint density at radius 3 is 2.15 bits per heavy atom. The van der Waals surface area contributed by atoms with E-state index in [1.807, 2.05) is 24.3 Å². The van der Waals surface area contributed by atoms with E-state index >= 15 is 0 Å². The van der Waals surface area contributed by atoms with Crippen LogP contribution in [0.2, 0.25) is 0 Å². The normalized spacial score (nSPS) is 13.2. The molecule has 0 fully saturated rings. The Hall–Kier alpha value is -3.57. The molecule has 11 heteroatoms. The second kappa shape index (κ2) is 9.51. The molecule has 1 unspecified atom stereocenters. The number of benzene rings is 1. The van der Waals surface area contributed by atoms with Gasteiger partial charge in [0.25, 0.3) is 11.5 Å². The molecule has 0 radical (unpaired) electrons. The number of ether oxygens (including phenoxy) is 1. The van der Waals surface area contributed by atoms with Crippen molar-refractivity contribution >= 4 is 15.7 Å². The van der Waals surface area contributed by atoms with Crippen LogP contribution in [0.1, 0.15) is 13.3 Å². The fraction of sp³-hybridized carbons (Fsp3) is 0.273. The van der Waals surface area contributed by atoms with Crippen LogP contribution in [0, 0.1) is 0 Å². The number of hydrogen-bond donors (Lipinski definition) is 2. The lowest BCUT2D eigenvalue weighted by atomic mass is 10.0. The standard InChI is InChI=1S/C22H24N4O6S/c1-22(20(28)25-29,33(3,30)31)9-11-26-10-8-17(12-19(26)27)15-4-6-16(7-5-15)18-13-23-21(32-2)24-14-18/h4-8,10,12-14,29H,9,11H2,1-3H3,(H,25,28). The van der Waals surface area contributed by atoms with E-state index in [4.69, 9.17) is 9.94 Å². The average Bonchev–Trinajstić information content (AvgIpc) is 2.82. The molecule has 0 aliphatic carbocycles. The third-order valence-electron chi connectivity index (χ3n) is 5.59. The molecule has 1 atom stereocenters. The molecule has 1 aromatic carbocycles. The summed E-state index contributed by atoms with van der Waals surface area (Å²) in [5.74, 6) is -1.04. The van der Waals surface area contributed by atoms with Crippen molar-refractivity contribution in [1.82, 2.24) is 20.0 Å². The van der Waals surface area contributed by atoms with Gasteiger partial charge < -0.3 is 9.30 Å². The highest BCUT2D eigenvalue weighted by molar-refractivity contribution is 7.92. The number of hydrogen-bond acceptors (Lipinski definition) is 8. The first-order valence-electron chi connectivity index (χ1n) is 9.90. The van der Waals surface area contributed by atoms with Crippen LogP contribution in [0.25, 0.3) is 22.3 Å². The predicted octanol–water partition coefficient (Wildman–Crippen LogP) is 1.68. The van der Waals surface area contributed by atoms with Crippen LogP contribution in [0.3, 0.4) is 0 Å². The number of nitrogens with one attached hydrogen (secondary N) is 1. The summed E-state index contributed by atoms with van der Waals surface area (Å²) in [5, 5.41) is 8.92. The first-order chi connectivity index (χ1) is 15.6. The molecule has 0 saturated carbocycles. The summed E-state index contributed by atoms with van der Waals surface area (Å²) in [6.07, 6.45) is 5.58. The van der Waals surface area contributed by atoms with Gasteiger partial charge in [-0.1, -0.05) is 24.3 Å². The van der Waals surface area contributed by atoms with Crippen molar-refractivity contribution in [3.8, 4) is 28.3 Å². The molecule has 0 saturated heterocycles. The zero-order chi connectivity index (χ0) is 24.2. The number of amides is 1. The molecule has 3 rings (SSSR count). The van der Waals surface area contributed by atoms with Crippen molar-refractivity contribution in [2.24, 2.45) is 0 Å². The summed E-state index contributed by atoms with van der Waals surface area (Å²) >= 11 is 0. The topological polar surface area (TPSA) is 140 Å². The number of aryl methyl sites for hydroxylation is 1. The number of hydroxylamine groups is 1. The minimum absolute atomic E-state index is 0.0213. The minimum Gasteiger partial charge on any atom is -0.467 e. The second-order valence-electron chi connectivity index (χ2n) is 7.68. The van der Waals surface area contributed by atoms with Gasteiger partial charge in [-0.3, -0.25) is 14.8 Å². The van der Waals surface area contributed by atoms with E-state index in [1.54, 1.807) is 24.7 Å².